The quantitative estimate of drug-likeness (QED) is 0.665. The Labute approximate surface area is 168 Å². The lowest BCUT2D eigenvalue weighted by Crippen LogP contribution is -2.51. The maximum Gasteiger partial charge on any atom is 0.234 e. The second-order valence-electron chi connectivity index (χ2n) is 6.96. The Morgan fingerprint density at radius 1 is 1.30 bits per heavy atom. The molecule has 2 atom stereocenters. The molecule has 0 fully saturated rings. The first-order valence-corrected chi connectivity index (χ1v) is 10.4. The normalized spacial score (nSPS) is 14.3. The number of nitrogens with zero attached hydrogens (tertiary/aromatic N) is 3. The number of hydrogen-bond acceptors (Lipinski definition) is 7. The molecular formula is C19H25N5OS2. The first kappa shape index (κ1) is 21.2. The van der Waals surface area contributed by atoms with Gasteiger partial charge in [-0.25, -0.2) is 0 Å². The Kier molecular flexibility index (Phi) is 6.84. The Bertz CT molecular complexity index is 858. The molecule has 144 valence electrons. The SMILES string of the molecule is Cc1cccc(Nc2nnc(SC(C)C(=O)NC(C)(C#N)C(C)C)s2)c1C. The van der Waals surface area contributed by atoms with Crippen LogP contribution in [0.3, 0.4) is 0 Å². The predicted octanol–water partition coefficient (Wildman–Crippen LogP) is 4.43. The number of carbonyl (C=O) groups is 1. The van der Waals surface area contributed by atoms with Crippen LogP contribution < -0.4 is 10.6 Å². The van der Waals surface area contributed by atoms with Gasteiger partial charge in [-0.3, -0.25) is 4.79 Å². The fourth-order valence-electron chi connectivity index (χ4n) is 2.17. The van der Waals surface area contributed by atoms with Gasteiger partial charge in [-0.1, -0.05) is 49.1 Å². The second-order valence-corrected chi connectivity index (χ2v) is 9.53. The highest BCUT2D eigenvalue weighted by Gasteiger charge is 2.32. The molecule has 0 aliphatic carbocycles. The van der Waals surface area contributed by atoms with Crippen molar-refractivity contribution in [3.63, 3.8) is 0 Å². The van der Waals surface area contributed by atoms with Gasteiger partial charge in [0.15, 0.2) is 4.34 Å². The molecule has 27 heavy (non-hydrogen) atoms. The molecule has 0 aliphatic rings. The van der Waals surface area contributed by atoms with Gasteiger partial charge in [-0.05, 0) is 50.8 Å². The summed E-state index contributed by atoms with van der Waals surface area (Å²) in [4.78, 5) is 12.5. The van der Waals surface area contributed by atoms with Gasteiger partial charge < -0.3 is 10.6 Å². The molecule has 1 amide bonds. The first-order chi connectivity index (χ1) is 12.7. The molecule has 8 heteroatoms. The number of amides is 1. The molecule has 0 radical (unpaired) electrons. The molecule has 0 saturated carbocycles. The van der Waals surface area contributed by atoms with Crippen LogP contribution in [0.4, 0.5) is 10.8 Å². The zero-order chi connectivity index (χ0) is 20.2. The van der Waals surface area contributed by atoms with Gasteiger partial charge in [-0.15, -0.1) is 10.2 Å². The van der Waals surface area contributed by atoms with E-state index >= 15 is 0 Å². The fraction of sp³-hybridized carbons (Fsp3) is 0.474. The van der Waals surface area contributed by atoms with Crippen LogP contribution in [0.25, 0.3) is 0 Å². The van der Waals surface area contributed by atoms with Crippen LogP contribution in [0.2, 0.25) is 0 Å². The summed E-state index contributed by atoms with van der Waals surface area (Å²) in [5, 5.41) is 24.1. The molecule has 0 bridgehead atoms. The average molecular weight is 404 g/mol. The van der Waals surface area contributed by atoms with E-state index in [9.17, 15) is 10.1 Å². The molecule has 1 aromatic carbocycles. The smallest absolute Gasteiger partial charge is 0.234 e. The van der Waals surface area contributed by atoms with Gasteiger partial charge in [0.05, 0.1) is 11.3 Å². The van der Waals surface area contributed by atoms with Gasteiger partial charge in [0.25, 0.3) is 0 Å². The summed E-state index contributed by atoms with van der Waals surface area (Å²) >= 11 is 2.74. The van der Waals surface area contributed by atoms with Gasteiger partial charge in [0, 0.05) is 5.69 Å². The van der Waals surface area contributed by atoms with Crippen LogP contribution in [-0.4, -0.2) is 26.9 Å². The van der Waals surface area contributed by atoms with E-state index in [1.54, 1.807) is 13.8 Å². The van der Waals surface area contributed by atoms with E-state index in [2.05, 4.69) is 46.8 Å². The van der Waals surface area contributed by atoms with Crippen molar-refractivity contribution in [2.24, 2.45) is 5.92 Å². The van der Waals surface area contributed by atoms with Crippen LogP contribution in [-0.2, 0) is 4.79 Å². The summed E-state index contributed by atoms with van der Waals surface area (Å²) in [7, 11) is 0. The Morgan fingerprint density at radius 2 is 2.00 bits per heavy atom. The van der Waals surface area contributed by atoms with E-state index in [0.29, 0.717) is 9.47 Å². The van der Waals surface area contributed by atoms with Crippen molar-refractivity contribution in [1.82, 2.24) is 15.5 Å². The monoisotopic (exact) mass is 403 g/mol. The van der Waals surface area contributed by atoms with Crippen molar-refractivity contribution in [3.05, 3.63) is 29.3 Å². The molecule has 0 aliphatic heterocycles. The lowest BCUT2D eigenvalue weighted by Gasteiger charge is -2.28. The van der Waals surface area contributed by atoms with E-state index in [1.165, 1.54) is 34.2 Å². The van der Waals surface area contributed by atoms with Gasteiger partial charge in [0.1, 0.15) is 5.54 Å². The van der Waals surface area contributed by atoms with E-state index < -0.39 is 5.54 Å². The predicted molar refractivity (Wildman–Crippen MR) is 111 cm³/mol. The standard InChI is InChI=1S/C19H25N5OS2/c1-11(2)19(6,10-20)22-16(25)14(5)26-18-24-23-17(27-18)21-15-9-7-8-12(3)13(15)4/h7-9,11,14H,1-6H3,(H,21,23)(H,22,25). The number of aryl methyl sites for hydroxylation is 1. The molecule has 0 saturated heterocycles. The minimum absolute atomic E-state index is 0.0125. The van der Waals surface area contributed by atoms with Crippen molar-refractivity contribution in [2.45, 2.75) is 56.7 Å². The summed E-state index contributed by atoms with van der Waals surface area (Å²) in [6.07, 6.45) is 0. The molecular weight excluding hydrogens is 378 g/mol. The van der Waals surface area contributed by atoms with Crippen molar-refractivity contribution in [3.8, 4) is 6.07 Å². The molecule has 1 aromatic heterocycles. The van der Waals surface area contributed by atoms with E-state index in [1.807, 2.05) is 26.0 Å². The number of carbonyl (C=O) groups excluding carboxylic acids is 1. The summed E-state index contributed by atoms with van der Waals surface area (Å²) < 4.78 is 0.702. The average Bonchev–Trinajstić information content (AvgIpc) is 3.05. The molecule has 0 spiro atoms. The maximum absolute atomic E-state index is 12.5. The number of hydrogen-bond donors (Lipinski definition) is 2. The third kappa shape index (κ3) is 5.21. The van der Waals surface area contributed by atoms with Crippen molar-refractivity contribution in [1.29, 1.82) is 5.26 Å². The third-order valence-corrected chi connectivity index (χ3v) is 6.69. The number of thioether (sulfide) groups is 1. The third-order valence-electron chi connectivity index (χ3n) is 4.67. The molecule has 2 unspecified atom stereocenters. The Morgan fingerprint density at radius 3 is 2.63 bits per heavy atom. The van der Waals surface area contributed by atoms with E-state index in [4.69, 9.17) is 0 Å². The number of anilines is 2. The fourth-order valence-corrected chi connectivity index (χ4v) is 4.08. The molecule has 6 nitrogen and oxygen atoms in total. The van der Waals surface area contributed by atoms with Crippen LogP contribution in [0.5, 0.6) is 0 Å². The minimum atomic E-state index is -0.886. The lowest BCUT2D eigenvalue weighted by atomic mass is 9.90. The first-order valence-electron chi connectivity index (χ1n) is 8.73. The molecule has 2 N–H and O–H groups in total. The zero-order valence-corrected chi connectivity index (χ0v) is 18.1. The van der Waals surface area contributed by atoms with Gasteiger partial charge in [-0.2, -0.15) is 5.26 Å². The summed E-state index contributed by atoms with van der Waals surface area (Å²) in [6, 6.07) is 8.25. The Balaban J connectivity index is 2.01. The van der Waals surface area contributed by atoms with E-state index in [-0.39, 0.29) is 17.1 Å². The highest BCUT2D eigenvalue weighted by Crippen LogP contribution is 2.32. The van der Waals surface area contributed by atoms with Crippen LogP contribution >= 0.6 is 23.1 Å². The maximum atomic E-state index is 12.5. The number of aromatic nitrogens is 2. The molecule has 2 rings (SSSR count). The largest absolute Gasteiger partial charge is 0.337 e. The molecule has 1 heterocycles. The topological polar surface area (TPSA) is 90.7 Å². The minimum Gasteiger partial charge on any atom is -0.337 e. The van der Waals surface area contributed by atoms with Gasteiger partial charge >= 0.3 is 0 Å². The number of benzene rings is 1. The number of nitriles is 1. The zero-order valence-electron chi connectivity index (χ0n) is 16.5. The highest BCUT2D eigenvalue weighted by molar-refractivity contribution is 8.02. The lowest BCUT2D eigenvalue weighted by molar-refractivity contribution is -0.121. The number of rotatable bonds is 7. The van der Waals surface area contributed by atoms with Crippen molar-refractivity contribution >= 4 is 39.8 Å². The summed E-state index contributed by atoms with van der Waals surface area (Å²) in [6.45, 7) is 11.5. The highest BCUT2D eigenvalue weighted by atomic mass is 32.2. The van der Waals surface area contributed by atoms with Crippen LogP contribution in [0, 0.1) is 31.1 Å². The van der Waals surface area contributed by atoms with Crippen LogP contribution in [0.1, 0.15) is 38.8 Å². The van der Waals surface area contributed by atoms with Crippen molar-refractivity contribution < 1.29 is 4.79 Å². The molecule has 2 aromatic rings. The second kappa shape index (κ2) is 8.72. The van der Waals surface area contributed by atoms with Crippen molar-refractivity contribution in [2.75, 3.05) is 5.32 Å². The summed E-state index contributed by atoms with van der Waals surface area (Å²) in [5.41, 5.74) is 2.48. The van der Waals surface area contributed by atoms with Crippen LogP contribution in [0.15, 0.2) is 22.5 Å². The van der Waals surface area contributed by atoms with Gasteiger partial charge in [0.2, 0.25) is 11.0 Å². The van der Waals surface area contributed by atoms with E-state index in [0.717, 1.165) is 5.69 Å². The number of nitrogens with one attached hydrogen (secondary N) is 2. The summed E-state index contributed by atoms with van der Waals surface area (Å²) in [5.74, 6) is -0.171. The Hall–Kier alpha value is -2.11.